The van der Waals surface area contributed by atoms with Gasteiger partial charge in [0.15, 0.2) is 5.41 Å². The van der Waals surface area contributed by atoms with E-state index in [1.54, 1.807) is 6.07 Å². The Kier molecular flexibility index (Phi) is 7.16. The lowest BCUT2D eigenvalue weighted by atomic mass is 9.62. The first-order valence-electron chi connectivity index (χ1n) is 13.5. The van der Waals surface area contributed by atoms with Crippen molar-refractivity contribution in [3.63, 3.8) is 0 Å². The number of alkyl halides is 3. The Balaban J connectivity index is 1.38. The van der Waals surface area contributed by atoms with Gasteiger partial charge in [0.1, 0.15) is 5.75 Å². The molecule has 2 atom stereocenters. The number of piperidine rings is 2. The molecule has 1 unspecified atom stereocenters. The minimum Gasteiger partial charge on any atom is -0.493 e. The summed E-state index contributed by atoms with van der Waals surface area (Å²) in [5.74, 6) is -0.365. The highest BCUT2D eigenvalue weighted by Gasteiger charge is 2.60. The Bertz CT molecular complexity index is 1210. The molecule has 39 heavy (non-hydrogen) atoms. The van der Waals surface area contributed by atoms with E-state index in [0.717, 1.165) is 18.2 Å². The third-order valence-electron chi connectivity index (χ3n) is 8.92. The highest BCUT2D eigenvalue weighted by molar-refractivity contribution is 5.89. The highest BCUT2D eigenvalue weighted by Crippen LogP contribution is 2.52. The van der Waals surface area contributed by atoms with Crippen LogP contribution in [0.15, 0.2) is 54.6 Å². The average Bonchev–Trinajstić information content (AvgIpc) is 2.90. The van der Waals surface area contributed by atoms with Gasteiger partial charge in [0, 0.05) is 37.4 Å². The zero-order chi connectivity index (χ0) is 27.9. The van der Waals surface area contributed by atoms with Gasteiger partial charge in [-0.3, -0.25) is 9.59 Å². The normalized spacial score (nSPS) is 23.9. The van der Waals surface area contributed by atoms with Gasteiger partial charge < -0.3 is 19.7 Å². The van der Waals surface area contributed by atoms with E-state index in [2.05, 4.69) is 12.2 Å². The molecule has 210 valence electrons. The number of benzene rings is 2. The molecule has 3 aliphatic heterocycles. The molecule has 1 spiro atoms. The molecule has 0 radical (unpaired) electrons. The number of rotatable bonds is 6. The summed E-state index contributed by atoms with van der Waals surface area (Å²) in [4.78, 5) is 27.5. The molecule has 3 saturated heterocycles. The van der Waals surface area contributed by atoms with E-state index in [4.69, 9.17) is 9.47 Å². The van der Waals surface area contributed by atoms with E-state index < -0.39 is 22.9 Å². The lowest BCUT2D eigenvalue weighted by molar-refractivity contribution is -0.198. The predicted molar refractivity (Wildman–Crippen MR) is 139 cm³/mol. The fraction of sp³-hybridized carbons (Fsp3) is 0.533. The van der Waals surface area contributed by atoms with Crippen LogP contribution >= 0.6 is 0 Å². The van der Waals surface area contributed by atoms with Gasteiger partial charge in [-0.15, -0.1) is 0 Å². The van der Waals surface area contributed by atoms with Gasteiger partial charge in [-0.2, -0.15) is 13.2 Å². The summed E-state index contributed by atoms with van der Waals surface area (Å²) in [6.07, 6.45) is -3.64. The predicted octanol–water partition coefficient (Wildman–Crippen LogP) is 4.83. The standard InChI is InChI=1S/C30H35F3N2O4/c1-27(18-38-19-27)20-39-24-11-7-6-10-22(24)23-17-34-25(36)16-29(23)12-14-35(15-13-29)26(37)28(2,30(31,32)33)21-8-4-3-5-9-21/h3-11,23H,12-20H2,1-2H3,(H,34,36)/t23?,28-/m0/s1. The molecule has 3 heterocycles. The number of likely N-dealkylation sites (tertiary alicyclic amines) is 1. The fourth-order valence-corrected chi connectivity index (χ4v) is 6.24. The average molecular weight is 545 g/mol. The van der Waals surface area contributed by atoms with Crippen molar-refractivity contribution in [2.75, 3.05) is 39.5 Å². The van der Waals surface area contributed by atoms with Crippen LogP contribution in [0.5, 0.6) is 5.75 Å². The molecule has 2 aromatic rings. The molecule has 0 bridgehead atoms. The number of nitrogens with one attached hydrogen (secondary N) is 1. The number of hydrogen-bond donors (Lipinski definition) is 1. The van der Waals surface area contributed by atoms with Crippen LogP contribution in [0.1, 0.15) is 50.2 Å². The quantitative estimate of drug-likeness (QED) is 0.566. The van der Waals surface area contributed by atoms with Gasteiger partial charge in [0.25, 0.3) is 0 Å². The molecule has 0 saturated carbocycles. The van der Waals surface area contributed by atoms with Crippen LogP contribution in [0.4, 0.5) is 13.2 Å². The molecular formula is C30H35F3N2O4. The molecule has 3 aliphatic rings. The third-order valence-corrected chi connectivity index (χ3v) is 8.92. The lowest BCUT2D eigenvalue weighted by Gasteiger charge is -2.50. The summed E-state index contributed by atoms with van der Waals surface area (Å²) >= 11 is 0. The molecule has 6 nitrogen and oxygen atoms in total. The zero-order valence-corrected chi connectivity index (χ0v) is 22.4. The summed E-state index contributed by atoms with van der Waals surface area (Å²) < 4.78 is 54.8. The van der Waals surface area contributed by atoms with Crippen LogP contribution in [0.3, 0.4) is 0 Å². The van der Waals surface area contributed by atoms with Gasteiger partial charge >= 0.3 is 6.18 Å². The third kappa shape index (κ3) is 5.01. The Morgan fingerprint density at radius 3 is 2.33 bits per heavy atom. The molecule has 1 N–H and O–H groups in total. The van der Waals surface area contributed by atoms with Crippen LogP contribution in [0.25, 0.3) is 0 Å². The van der Waals surface area contributed by atoms with Crippen molar-refractivity contribution in [2.45, 2.75) is 50.6 Å². The van der Waals surface area contributed by atoms with E-state index in [-0.39, 0.29) is 42.3 Å². The maximum Gasteiger partial charge on any atom is 0.406 e. The van der Waals surface area contributed by atoms with Crippen LogP contribution in [0, 0.1) is 10.8 Å². The fourth-order valence-electron chi connectivity index (χ4n) is 6.24. The van der Waals surface area contributed by atoms with Gasteiger partial charge in [-0.25, -0.2) is 0 Å². The Labute approximate surface area is 226 Å². The smallest absolute Gasteiger partial charge is 0.406 e. The van der Waals surface area contributed by atoms with E-state index in [0.29, 0.717) is 39.2 Å². The van der Waals surface area contributed by atoms with E-state index in [1.165, 1.54) is 29.2 Å². The van der Waals surface area contributed by atoms with E-state index >= 15 is 0 Å². The summed E-state index contributed by atoms with van der Waals surface area (Å²) in [5, 5.41) is 2.98. The molecule has 3 fully saturated rings. The number of nitrogens with zero attached hydrogens (tertiary/aromatic N) is 1. The first-order chi connectivity index (χ1) is 18.5. The maximum atomic E-state index is 14.4. The summed E-state index contributed by atoms with van der Waals surface area (Å²) in [6, 6.07) is 15.1. The van der Waals surface area contributed by atoms with Crippen molar-refractivity contribution in [2.24, 2.45) is 10.8 Å². The van der Waals surface area contributed by atoms with Crippen LogP contribution in [0.2, 0.25) is 0 Å². The second-order valence-electron chi connectivity index (χ2n) is 11.8. The monoisotopic (exact) mass is 544 g/mol. The second kappa shape index (κ2) is 10.2. The van der Waals surface area contributed by atoms with Crippen LogP contribution < -0.4 is 10.1 Å². The number of hydrogen-bond acceptors (Lipinski definition) is 4. The maximum absolute atomic E-state index is 14.4. The molecular weight excluding hydrogens is 509 g/mol. The lowest BCUT2D eigenvalue weighted by Crippen LogP contribution is -2.58. The van der Waals surface area contributed by atoms with Crippen molar-refractivity contribution in [3.8, 4) is 5.75 Å². The highest BCUT2D eigenvalue weighted by atomic mass is 19.4. The molecule has 9 heteroatoms. The molecule has 0 aliphatic carbocycles. The largest absolute Gasteiger partial charge is 0.493 e. The topological polar surface area (TPSA) is 67.9 Å². The van der Waals surface area contributed by atoms with Crippen molar-refractivity contribution < 1.29 is 32.2 Å². The summed E-state index contributed by atoms with van der Waals surface area (Å²) in [5.41, 5.74) is -2.27. The van der Waals surface area contributed by atoms with Crippen LogP contribution in [-0.2, 0) is 19.7 Å². The SMILES string of the molecule is CC1(COc2ccccc2C2CNC(=O)CC23CCN(C(=O)[C@](C)(c2ccccc2)C(F)(F)F)CC3)COC1. The van der Waals surface area contributed by atoms with Crippen molar-refractivity contribution in [1.82, 2.24) is 10.2 Å². The van der Waals surface area contributed by atoms with Crippen molar-refractivity contribution >= 4 is 11.8 Å². The van der Waals surface area contributed by atoms with E-state index in [1.807, 2.05) is 24.3 Å². The second-order valence-corrected chi connectivity index (χ2v) is 11.8. The summed E-state index contributed by atoms with van der Waals surface area (Å²) in [7, 11) is 0. The molecule has 5 rings (SSSR count). The van der Waals surface area contributed by atoms with Crippen molar-refractivity contribution in [1.29, 1.82) is 0 Å². The number of carbonyl (C=O) groups excluding carboxylic acids is 2. The van der Waals surface area contributed by atoms with Gasteiger partial charge in [0.05, 0.1) is 19.8 Å². The minimum atomic E-state index is -4.76. The number of amides is 2. The molecule has 2 amide bonds. The number of halogens is 3. The number of para-hydroxylation sites is 1. The Hall–Kier alpha value is -3.07. The first kappa shape index (κ1) is 27.5. The molecule has 2 aromatic carbocycles. The van der Waals surface area contributed by atoms with Crippen molar-refractivity contribution in [3.05, 3.63) is 65.7 Å². The minimum absolute atomic E-state index is 0.0405. The number of carbonyl (C=O) groups is 2. The molecule has 0 aromatic heterocycles. The zero-order valence-electron chi connectivity index (χ0n) is 22.4. The van der Waals surface area contributed by atoms with Gasteiger partial charge in [0.2, 0.25) is 11.8 Å². The van der Waals surface area contributed by atoms with Gasteiger partial charge in [-0.1, -0.05) is 55.5 Å². The summed E-state index contributed by atoms with van der Waals surface area (Å²) in [6.45, 7) is 5.58. The Morgan fingerprint density at radius 2 is 1.72 bits per heavy atom. The Morgan fingerprint density at radius 1 is 1.08 bits per heavy atom. The van der Waals surface area contributed by atoms with Gasteiger partial charge in [-0.05, 0) is 42.4 Å². The first-order valence-corrected chi connectivity index (χ1v) is 13.5. The van der Waals surface area contributed by atoms with E-state index in [9.17, 15) is 22.8 Å². The number of ether oxygens (including phenoxy) is 2. The van der Waals surface area contributed by atoms with Crippen LogP contribution in [-0.4, -0.2) is 62.3 Å².